The molecule has 0 aliphatic carbocycles. The van der Waals surface area contributed by atoms with Crippen LogP contribution in [-0.4, -0.2) is 29.3 Å². The molecule has 0 bridgehead atoms. The summed E-state index contributed by atoms with van der Waals surface area (Å²) in [4.78, 5) is 6.22. The number of β-amino-alcohol motifs (C(OH)–C–C–N with tert-alkyl or cyclic N) is 1. The standard InChI is InChI=1S/C11H12BrN3O/c12-9-4-8(5-13)11(14-6-9)15-3-1-2-10(16)7-15/h4,6,10,16H,1-3,7H2. The Morgan fingerprint density at radius 3 is 3.12 bits per heavy atom. The van der Waals surface area contributed by atoms with Gasteiger partial charge < -0.3 is 10.0 Å². The number of aliphatic hydroxyl groups excluding tert-OH is 1. The highest BCUT2D eigenvalue weighted by atomic mass is 79.9. The van der Waals surface area contributed by atoms with Crippen molar-refractivity contribution < 1.29 is 5.11 Å². The number of pyridine rings is 1. The van der Waals surface area contributed by atoms with Gasteiger partial charge in [-0.15, -0.1) is 0 Å². The monoisotopic (exact) mass is 281 g/mol. The molecule has 0 spiro atoms. The summed E-state index contributed by atoms with van der Waals surface area (Å²) < 4.78 is 0.797. The van der Waals surface area contributed by atoms with E-state index in [1.54, 1.807) is 12.3 Å². The lowest BCUT2D eigenvalue weighted by Crippen LogP contribution is -2.39. The second kappa shape index (κ2) is 4.81. The molecular formula is C11H12BrN3O. The maximum atomic E-state index is 9.60. The van der Waals surface area contributed by atoms with Gasteiger partial charge in [0.1, 0.15) is 11.9 Å². The molecule has 0 amide bonds. The molecule has 1 saturated heterocycles. The molecule has 1 aliphatic rings. The summed E-state index contributed by atoms with van der Waals surface area (Å²) in [5.74, 6) is 0.671. The van der Waals surface area contributed by atoms with Gasteiger partial charge in [-0.05, 0) is 34.8 Å². The molecule has 5 heteroatoms. The van der Waals surface area contributed by atoms with E-state index >= 15 is 0 Å². The number of hydrogen-bond acceptors (Lipinski definition) is 4. The van der Waals surface area contributed by atoms with Crippen LogP contribution in [0.1, 0.15) is 18.4 Å². The number of hydrogen-bond donors (Lipinski definition) is 1. The van der Waals surface area contributed by atoms with Crippen molar-refractivity contribution in [3.63, 3.8) is 0 Å². The molecule has 1 fully saturated rings. The summed E-state index contributed by atoms with van der Waals surface area (Å²) in [6.45, 7) is 1.41. The fourth-order valence-corrected chi connectivity index (χ4v) is 2.24. The van der Waals surface area contributed by atoms with Gasteiger partial charge in [0.2, 0.25) is 0 Å². The lowest BCUT2D eigenvalue weighted by atomic mass is 10.1. The van der Waals surface area contributed by atoms with Crippen molar-refractivity contribution in [3.8, 4) is 6.07 Å². The summed E-state index contributed by atoms with van der Waals surface area (Å²) in [5, 5.41) is 18.6. The Kier molecular flexibility index (Phi) is 3.42. The van der Waals surface area contributed by atoms with Crippen molar-refractivity contribution >= 4 is 21.7 Å². The van der Waals surface area contributed by atoms with Crippen molar-refractivity contribution in [2.75, 3.05) is 18.0 Å². The summed E-state index contributed by atoms with van der Waals surface area (Å²) in [5.41, 5.74) is 0.545. The molecule has 2 heterocycles. The average Bonchev–Trinajstić information content (AvgIpc) is 2.28. The van der Waals surface area contributed by atoms with Gasteiger partial charge in [0.25, 0.3) is 0 Å². The number of piperidine rings is 1. The fourth-order valence-electron chi connectivity index (χ4n) is 1.91. The number of nitriles is 1. The van der Waals surface area contributed by atoms with Gasteiger partial charge in [-0.25, -0.2) is 4.98 Å². The largest absolute Gasteiger partial charge is 0.391 e. The average molecular weight is 282 g/mol. The van der Waals surface area contributed by atoms with Crippen LogP contribution in [0.15, 0.2) is 16.7 Å². The van der Waals surface area contributed by atoms with Crippen LogP contribution in [0.25, 0.3) is 0 Å². The topological polar surface area (TPSA) is 60.2 Å². The fraction of sp³-hybridized carbons (Fsp3) is 0.455. The third kappa shape index (κ3) is 2.34. The number of anilines is 1. The van der Waals surface area contributed by atoms with Crippen LogP contribution >= 0.6 is 15.9 Å². The van der Waals surface area contributed by atoms with E-state index in [0.717, 1.165) is 23.9 Å². The van der Waals surface area contributed by atoms with Gasteiger partial charge in [-0.2, -0.15) is 5.26 Å². The maximum Gasteiger partial charge on any atom is 0.146 e. The molecule has 84 valence electrons. The lowest BCUT2D eigenvalue weighted by Gasteiger charge is -2.31. The van der Waals surface area contributed by atoms with E-state index < -0.39 is 0 Å². The molecule has 0 aromatic carbocycles. The third-order valence-electron chi connectivity index (χ3n) is 2.65. The van der Waals surface area contributed by atoms with E-state index in [0.29, 0.717) is 17.9 Å². The Hall–Kier alpha value is -1.12. The van der Waals surface area contributed by atoms with Crippen LogP contribution in [0.2, 0.25) is 0 Å². The molecule has 1 aliphatic heterocycles. The van der Waals surface area contributed by atoms with Crippen molar-refractivity contribution in [3.05, 3.63) is 22.3 Å². The zero-order chi connectivity index (χ0) is 11.5. The Morgan fingerprint density at radius 2 is 2.44 bits per heavy atom. The van der Waals surface area contributed by atoms with Crippen molar-refractivity contribution in [2.45, 2.75) is 18.9 Å². The minimum atomic E-state index is -0.314. The Labute approximate surface area is 103 Å². The number of aromatic nitrogens is 1. The quantitative estimate of drug-likeness (QED) is 0.851. The maximum absolute atomic E-state index is 9.60. The smallest absolute Gasteiger partial charge is 0.146 e. The molecule has 1 unspecified atom stereocenters. The highest BCUT2D eigenvalue weighted by Crippen LogP contribution is 2.23. The van der Waals surface area contributed by atoms with Crippen molar-refractivity contribution in [2.24, 2.45) is 0 Å². The summed E-state index contributed by atoms with van der Waals surface area (Å²) in [7, 11) is 0. The summed E-state index contributed by atoms with van der Waals surface area (Å²) in [6.07, 6.45) is 3.13. The minimum absolute atomic E-state index is 0.314. The minimum Gasteiger partial charge on any atom is -0.391 e. The summed E-state index contributed by atoms with van der Waals surface area (Å²) in [6, 6.07) is 3.89. The van der Waals surface area contributed by atoms with E-state index in [2.05, 4.69) is 27.0 Å². The zero-order valence-corrected chi connectivity index (χ0v) is 10.3. The predicted octanol–water partition coefficient (Wildman–Crippen LogP) is 1.68. The summed E-state index contributed by atoms with van der Waals surface area (Å²) >= 11 is 3.29. The van der Waals surface area contributed by atoms with Crippen molar-refractivity contribution in [1.82, 2.24) is 4.98 Å². The second-order valence-corrected chi connectivity index (χ2v) is 4.79. The Morgan fingerprint density at radius 1 is 1.62 bits per heavy atom. The second-order valence-electron chi connectivity index (χ2n) is 3.88. The number of halogens is 1. The van der Waals surface area contributed by atoms with E-state index in [4.69, 9.17) is 5.26 Å². The van der Waals surface area contributed by atoms with Crippen LogP contribution in [0, 0.1) is 11.3 Å². The van der Waals surface area contributed by atoms with Crippen LogP contribution < -0.4 is 4.90 Å². The first-order valence-corrected chi connectivity index (χ1v) is 5.98. The lowest BCUT2D eigenvalue weighted by molar-refractivity contribution is 0.154. The first kappa shape index (κ1) is 11.4. The highest BCUT2D eigenvalue weighted by molar-refractivity contribution is 9.10. The van der Waals surface area contributed by atoms with Crippen LogP contribution in [-0.2, 0) is 0 Å². The first-order valence-electron chi connectivity index (χ1n) is 5.19. The van der Waals surface area contributed by atoms with E-state index in [1.165, 1.54) is 0 Å². The molecule has 1 atom stereocenters. The van der Waals surface area contributed by atoms with E-state index in [-0.39, 0.29) is 6.10 Å². The first-order chi connectivity index (χ1) is 7.70. The van der Waals surface area contributed by atoms with Gasteiger partial charge in [0, 0.05) is 23.8 Å². The molecule has 1 N–H and O–H groups in total. The molecule has 2 rings (SSSR count). The van der Waals surface area contributed by atoms with Crippen LogP contribution in [0.5, 0.6) is 0 Å². The molecule has 0 saturated carbocycles. The zero-order valence-electron chi connectivity index (χ0n) is 8.73. The van der Waals surface area contributed by atoms with E-state index in [1.807, 2.05) is 4.90 Å². The Bertz CT molecular complexity index is 430. The van der Waals surface area contributed by atoms with Crippen molar-refractivity contribution in [1.29, 1.82) is 5.26 Å². The van der Waals surface area contributed by atoms with Gasteiger partial charge in [0.05, 0.1) is 11.7 Å². The predicted molar refractivity (Wildman–Crippen MR) is 64.1 cm³/mol. The SMILES string of the molecule is N#Cc1cc(Br)cnc1N1CCCC(O)C1. The molecule has 4 nitrogen and oxygen atoms in total. The van der Waals surface area contributed by atoms with Crippen LogP contribution in [0.4, 0.5) is 5.82 Å². The van der Waals surface area contributed by atoms with Crippen LogP contribution in [0.3, 0.4) is 0 Å². The number of nitrogens with zero attached hydrogens (tertiary/aromatic N) is 3. The number of aliphatic hydroxyl groups is 1. The molecule has 16 heavy (non-hydrogen) atoms. The van der Waals surface area contributed by atoms with E-state index in [9.17, 15) is 5.11 Å². The highest BCUT2D eigenvalue weighted by Gasteiger charge is 2.21. The van der Waals surface area contributed by atoms with Gasteiger partial charge in [-0.3, -0.25) is 0 Å². The third-order valence-corrected chi connectivity index (χ3v) is 3.08. The van der Waals surface area contributed by atoms with Gasteiger partial charge >= 0.3 is 0 Å². The normalized spacial score (nSPS) is 20.6. The van der Waals surface area contributed by atoms with Gasteiger partial charge in [0.15, 0.2) is 0 Å². The molecule has 1 aromatic heterocycles. The van der Waals surface area contributed by atoms with Gasteiger partial charge in [-0.1, -0.05) is 0 Å². The Balaban J connectivity index is 2.29. The molecule has 0 radical (unpaired) electrons. The molecule has 1 aromatic rings. The number of rotatable bonds is 1. The molecular weight excluding hydrogens is 270 g/mol.